The van der Waals surface area contributed by atoms with Crippen molar-refractivity contribution in [3.8, 4) is 5.75 Å². The van der Waals surface area contributed by atoms with Crippen LogP contribution in [0.3, 0.4) is 0 Å². The van der Waals surface area contributed by atoms with E-state index >= 15 is 0 Å². The fourth-order valence-electron chi connectivity index (χ4n) is 3.65. The van der Waals surface area contributed by atoms with Gasteiger partial charge in [-0.3, -0.25) is 0 Å². The van der Waals surface area contributed by atoms with Crippen LogP contribution in [0.1, 0.15) is 24.1 Å². The Morgan fingerprint density at radius 3 is 2.86 bits per heavy atom. The van der Waals surface area contributed by atoms with E-state index in [9.17, 15) is 9.18 Å². The van der Waals surface area contributed by atoms with Gasteiger partial charge in [0.2, 0.25) is 5.05 Å². The Hall–Kier alpha value is -2.42. The van der Waals surface area contributed by atoms with E-state index in [0.717, 1.165) is 11.1 Å². The van der Waals surface area contributed by atoms with Gasteiger partial charge in [0.25, 0.3) is 0 Å². The van der Waals surface area contributed by atoms with Gasteiger partial charge in [0.15, 0.2) is 17.4 Å². The zero-order chi connectivity index (χ0) is 20.1. The summed E-state index contributed by atoms with van der Waals surface area (Å²) in [5.41, 5.74) is 5.93. The summed E-state index contributed by atoms with van der Waals surface area (Å²) in [6.07, 6.45) is 0. The molecule has 2 aliphatic rings. The molecular formula is C20H18FN2O3S2+. The molecule has 0 radical (unpaired) electrons. The molecule has 0 fully saturated rings. The number of thiol groups is 1. The molecule has 0 bridgehead atoms. The summed E-state index contributed by atoms with van der Waals surface area (Å²) in [6.45, 7) is 3.79. The van der Waals surface area contributed by atoms with Gasteiger partial charge >= 0.3 is 5.97 Å². The fourth-order valence-corrected chi connectivity index (χ4v) is 4.51. The largest absolute Gasteiger partial charge is 0.461 e. The number of aryl methyl sites for hydroxylation is 1. The molecule has 2 atom stereocenters. The van der Waals surface area contributed by atoms with Crippen LogP contribution in [-0.4, -0.2) is 17.6 Å². The van der Waals surface area contributed by atoms with Gasteiger partial charge in [-0.1, -0.05) is 18.2 Å². The number of nitrogens with zero attached hydrogens (tertiary/aromatic N) is 1. The van der Waals surface area contributed by atoms with Crippen LogP contribution in [0.25, 0.3) is 0 Å². The number of fused-ring (bicyclic) bond motifs is 3. The number of hydrogen-bond donors (Lipinski definition) is 2. The number of hydrogen-bond acceptors (Lipinski definition) is 6. The van der Waals surface area contributed by atoms with E-state index in [1.807, 2.05) is 25.1 Å². The molecule has 28 heavy (non-hydrogen) atoms. The van der Waals surface area contributed by atoms with E-state index in [2.05, 4.69) is 5.43 Å². The van der Waals surface area contributed by atoms with Crippen LogP contribution in [-0.2, 0) is 9.53 Å². The lowest BCUT2D eigenvalue weighted by Crippen LogP contribution is -2.51. The number of halogens is 1. The highest BCUT2D eigenvalue weighted by Gasteiger charge is 2.56. The van der Waals surface area contributed by atoms with Crippen LogP contribution in [0.4, 0.5) is 10.1 Å². The number of ether oxygens (including phenoxy) is 2. The fraction of sp³-hybridized carbons (Fsp3) is 0.200. The summed E-state index contributed by atoms with van der Waals surface area (Å²) >= 11 is 10.4. The number of thiocarbonyl (C=S) groups is 1. The molecule has 8 heteroatoms. The van der Waals surface area contributed by atoms with Gasteiger partial charge in [-0.25, -0.2) is 14.6 Å². The minimum atomic E-state index is -0.559. The minimum absolute atomic E-state index is 0.169. The van der Waals surface area contributed by atoms with E-state index in [0.29, 0.717) is 17.0 Å². The van der Waals surface area contributed by atoms with E-state index in [4.69, 9.17) is 34.5 Å². The second kappa shape index (κ2) is 6.88. The number of carbonyl (C=O) groups is 1. The zero-order valence-corrected chi connectivity index (χ0v) is 16.9. The first kappa shape index (κ1) is 18.9. The number of rotatable bonds is 3. The molecule has 2 aliphatic heterocycles. The molecule has 1 N–H and O–H groups in total. The Bertz CT molecular complexity index is 1040. The van der Waals surface area contributed by atoms with E-state index in [1.54, 1.807) is 19.1 Å². The van der Waals surface area contributed by atoms with Crippen LogP contribution >= 0.6 is 25.0 Å². The lowest BCUT2D eigenvalue weighted by Gasteiger charge is -2.36. The Morgan fingerprint density at radius 1 is 1.36 bits per heavy atom. The van der Waals surface area contributed by atoms with Gasteiger partial charge in [-0.2, -0.15) is 0 Å². The third-order valence-corrected chi connectivity index (χ3v) is 5.70. The molecule has 2 heterocycles. The first-order chi connectivity index (χ1) is 13.4. The molecular weight excluding hydrogens is 399 g/mol. The lowest BCUT2D eigenvalue weighted by molar-refractivity contribution is -0.139. The van der Waals surface area contributed by atoms with Crippen molar-refractivity contribution in [2.45, 2.75) is 19.9 Å². The first-order valence-electron chi connectivity index (χ1n) is 8.75. The van der Waals surface area contributed by atoms with Crippen LogP contribution in [0.15, 0.2) is 53.7 Å². The van der Waals surface area contributed by atoms with Crippen molar-refractivity contribution < 1.29 is 18.7 Å². The van der Waals surface area contributed by atoms with Crippen molar-refractivity contribution in [2.24, 2.45) is 0 Å². The van der Waals surface area contributed by atoms with Gasteiger partial charge in [-0.05, 0) is 44.3 Å². The predicted octanol–water partition coefficient (Wildman–Crippen LogP) is 4.08. The standard InChI is InChI=1S/C20H17FN2O3S2/c1-3-25-19(24)17-16-18(13-6-4-5-7-15(13)26-20(16)27)23(28,22-17)14-10-12(21)9-8-11(14)2/h4-10,18,28H,3H2,1-2H3/p+1. The summed E-state index contributed by atoms with van der Waals surface area (Å²) < 4.78 is 24.9. The van der Waals surface area contributed by atoms with Gasteiger partial charge in [0.1, 0.15) is 17.1 Å². The molecule has 0 saturated carbocycles. The van der Waals surface area contributed by atoms with Crippen LogP contribution < -0.4 is 14.2 Å². The van der Waals surface area contributed by atoms with Crippen LogP contribution in [0, 0.1) is 12.7 Å². The lowest BCUT2D eigenvalue weighted by atomic mass is 9.94. The Balaban J connectivity index is 1.97. The molecule has 2 unspecified atom stereocenters. The highest BCUT2D eigenvalue weighted by molar-refractivity contribution is 7.80. The number of esters is 1. The maximum absolute atomic E-state index is 14.1. The molecule has 2 aromatic rings. The number of carbonyl (C=O) groups excluding carboxylic acids is 1. The van der Waals surface area contributed by atoms with E-state index in [-0.39, 0.29) is 21.4 Å². The third kappa shape index (κ3) is 2.80. The molecule has 0 spiro atoms. The zero-order valence-electron chi connectivity index (χ0n) is 15.2. The number of nitrogens with one attached hydrogen (secondary N) is 1. The normalized spacial score (nSPS) is 22.9. The summed E-state index contributed by atoms with van der Waals surface area (Å²) in [5.74, 6) is -0.377. The molecule has 0 saturated heterocycles. The maximum atomic E-state index is 14.1. The average Bonchev–Trinajstić information content (AvgIpc) is 2.99. The molecule has 0 aromatic heterocycles. The smallest absolute Gasteiger partial charge is 0.360 e. The van der Waals surface area contributed by atoms with E-state index < -0.39 is 17.8 Å². The summed E-state index contributed by atoms with van der Waals surface area (Å²) in [7, 11) is 0. The van der Waals surface area contributed by atoms with Gasteiger partial charge in [-0.15, -0.1) is 4.00 Å². The van der Waals surface area contributed by atoms with Crippen molar-refractivity contribution in [2.75, 3.05) is 6.61 Å². The monoisotopic (exact) mass is 417 g/mol. The van der Waals surface area contributed by atoms with Crippen molar-refractivity contribution >= 4 is 41.7 Å². The van der Waals surface area contributed by atoms with Crippen molar-refractivity contribution in [3.63, 3.8) is 0 Å². The molecule has 4 rings (SSSR count). The van der Waals surface area contributed by atoms with Gasteiger partial charge in [0, 0.05) is 11.6 Å². The molecule has 5 nitrogen and oxygen atoms in total. The van der Waals surface area contributed by atoms with Crippen LogP contribution in [0.5, 0.6) is 5.75 Å². The van der Waals surface area contributed by atoms with Gasteiger partial charge in [0.05, 0.1) is 25.0 Å². The second-order valence-corrected chi connectivity index (χ2v) is 7.57. The summed E-state index contributed by atoms with van der Waals surface area (Å²) in [6, 6.07) is 11.3. The Morgan fingerprint density at radius 2 is 2.11 bits per heavy atom. The van der Waals surface area contributed by atoms with E-state index in [1.165, 1.54) is 12.1 Å². The highest BCUT2D eigenvalue weighted by atomic mass is 32.1. The summed E-state index contributed by atoms with van der Waals surface area (Å²) in [5, 5.41) is 0.169. The Labute approximate surface area is 172 Å². The van der Waals surface area contributed by atoms with Crippen molar-refractivity contribution in [1.29, 1.82) is 0 Å². The average molecular weight is 418 g/mol. The van der Waals surface area contributed by atoms with Crippen LogP contribution in [0.2, 0.25) is 0 Å². The molecule has 0 aliphatic carbocycles. The minimum Gasteiger partial charge on any atom is -0.461 e. The quantitative estimate of drug-likeness (QED) is 0.341. The third-order valence-electron chi connectivity index (χ3n) is 4.85. The summed E-state index contributed by atoms with van der Waals surface area (Å²) in [4.78, 5) is 12.7. The van der Waals surface area contributed by atoms with Crippen molar-refractivity contribution in [3.05, 3.63) is 70.7 Å². The Kier molecular flexibility index (Phi) is 4.65. The molecule has 0 amide bonds. The first-order valence-corrected chi connectivity index (χ1v) is 9.56. The highest BCUT2D eigenvalue weighted by Crippen LogP contribution is 2.52. The number of benzene rings is 2. The second-order valence-electron chi connectivity index (χ2n) is 6.57. The number of para-hydroxylation sites is 1. The van der Waals surface area contributed by atoms with Crippen molar-refractivity contribution in [1.82, 2.24) is 9.42 Å². The predicted molar refractivity (Wildman–Crippen MR) is 111 cm³/mol. The topological polar surface area (TPSA) is 47.6 Å². The number of quaternary nitrogens is 1. The van der Waals surface area contributed by atoms with Gasteiger partial charge < -0.3 is 9.47 Å². The SMILES string of the molecule is CCOC(=O)C1=C2C(=S)Oc3ccccc3C2[N+](S)(c2cc(F)ccc2C)N1. The maximum Gasteiger partial charge on any atom is 0.360 e. The molecule has 144 valence electrons. The molecule has 2 aromatic carbocycles.